The first-order chi connectivity index (χ1) is 7.74. The number of aromatic amines is 2. The lowest BCUT2D eigenvalue weighted by atomic mass is 10.3. The number of anilines is 1. The van der Waals surface area contributed by atoms with Crippen LogP contribution in [0.2, 0.25) is 0 Å². The fourth-order valence-corrected chi connectivity index (χ4v) is 1.82. The van der Waals surface area contributed by atoms with E-state index in [4.69, 9.17) is 5.73 Å². The largest absolute Gasteiger partial charge is 0.383 e. The van der Waals surface area contributed by atoms with E-state index in [1.54, 1.807) is 12.4 Å². The van der Waals surface area contributed by atoms with Crippen LogP contribution in [0.25, 0.3) is 22.6 Å². The van der Waals surface area contributed by atoms with Gasteiger partial charge in [-0.1, -0.05) is 0 Å². The van der Waals surface area contributed by atoms with Crippen LogP contribution in [0.3, 0.4) is 0 Å². The highest BCUT2D eigenvalue weighted by atomic mass is 79.9. The van der Waals surface area contributed by atoms with Crippen molar-refractivity contribution in [3.05, 3.63) is 22.9 Å². The van der Waals surface area contributed by atoms with Gasteiger partial charge in [0.2, 0.25) is 0 Å². The average molecular weight is 279 g/mol. The van der Waals surface area contributed by atoms with E-state index < -0.39 is 0 Å². The molecule has 0 unspecified atom stereocenters. The molecule has 6 nitrogen and oxygen atoms in total. The van der Waals surface area contributed by atoms with Crippen LogP contribution in [0.15, 0.2) is 22.9 Å². The maximum absolute atomic E-state index is 5.72. The van der Waals surface area contributed by atoms with Crippen LogP contribution in [-0.4, -0.2) is 25.1 Å². The zero-order chi connectivity index (χ0) is 11.1. The van der Waals surface area contributed by atoms with Crippen LogP contribution in [-0.2, 0) is 0 Å². The maximum Gasteiger partial charge on any atom is 0.178 e. The number of rotatable bonds is 1. The lowest BCUT2D eigenvalue weighted by molar-refractivity contribution is 1.10. The number of fused-ring (bicyclic) bond motifs is 1. The highest BCUT2D eigenvalue weighted by Gasteiger charge is 2.10. The van der Waals surface area contributed by atoms with Gasteiger partial charge in [-0.15, -0.1) is 0 Å². The zero-order valence-corrected chi connectivity index (χ0v) is 9.62. The van der Waals surface area contributed by atoms with Gasteiger partial charge in [-0.2, -0.15) is 5.10 Å². The molecule has 0 saturated heterocycles. The number of nitrogen functional groups attached to an aromatic ring is 1. The van der Waals surface area contributed by atoms with Crippen molar-refractivity contribution in [2.75, 3.05) is 5.73 Å². The zero-order valence-electron chi connectivity index (χ0n) is 8.03. The summed E-state index contributed by atoms with van der Waals surface area (Å²) in [7, 11) is 0. The third-order valence-corrected chi connectivity index (χ3v) is 2.66. The third kappa shape index (κ3) is 1.36. The summed E-state index contributed by atoms with van der Waals surface area (Å²) in [5, 5.41) is 6.51. The fourth-order valence-electron chi connectivity index (χ4n) is 1.49. The smallest absolute Gasteiger partial charge is 0.178 e. The van der Waals surface area contributed by atoms with Gasteiger partial charge in [0.25, 0.3) is 0 Å². The summed E-state index contributed by atoms with van der Waals surface area (Å²) in [4.78, 5) is 11.6. The van der Waals surface area contributed by atoms with Crippen molar-refractivity contribution in [2.24, 2.45) is 0 Å². The van der Waals surface area contributed by atoms with E-state index in [1.165, 1.54) is 0 Å². The average Bonchev–Trinajstić information content (AvgIpc) is 2.82. The Kier molecular flexibility index (Phi) is 1.93. The Bertz CT molecular complexity index is 655. The summed E-state index contributed by atoms with van der Waals surface area (Å²) >= 11 is 3.35. The number of H-pyrrole nitrogens is 2. The topological polar surface area (TPSA) is 96.3 Å². The van der Waals surface area contributed by atoms with Crippen LogP contribution in [0.5, 0.6) is 0 Å². The second-order valence-electron chi connectivity index (χ2n) is 3.31. The van der Waals surface area contributed by atoms with Crippen LogP contribution >= 0.6 is 15.9 Å². The number of imidazole rings is 1. The summed E-state index contributed by atoms with van der Waals surface area (Å²) < 4.78 is 0.898. The normalized spacial score (nSPS) is 11.1. The van der Waals surface area contributed by atoms with E-state index in [0.717, 1.165) is 15.6 Å². The maximum atomic E-state index is 5.72. The molecule has 4 N–H and O–H groups in total. The highest BCUT2D eigenvalue weighted by Crippen LogP contribution is 2.23. The van der Waals surface area contributed by atoms with Crippen LogP contribution in [0.1, 0.15) is 0 Å². The quantitative estimate of drug-likeness (QED) is 0.631. The lowest BCUT2D eigenvalue weighted by Gasteiger charge is -1.90. The molecule has 3 heterocycles. The van der Waals surface area contributed by atoms with Crippen molar-refractivity contribution in [3.8, 4) is 11.4 Å². The highest BCUT2D eigenvalue weighted by molar-refractivity contribution is 9.10. The number of aromatic nitrogens is 5. The van der Waals surface area contributed by atoms with E-state index in [0.29, 0.717) is 17.3 Å². The van der Waals surface area contributed by atoms with Crippen molar-refractivity contribution in [2.45, 2.75) is 0 Å². The lowest BCUT2D eigenvalue weighted by Crippen LogP contribution is -1.88. The summed E-state index contributed by atoms with van der Waals surface area (Å²) in [5.74, 6) is 1.14. The summed E-state index contributed by atoms with van der Waals surface area (Å²) in [6.45, 7) is 0. The monoisotopic (exact) mass is 278 g/mol. The Labute approximate surface area is 98.4 Å². The van der Waals surface area contributed by atoms with Gasteiger partial charge >= 0.3 is 0 Å². The summed E-state index contributed by atoms with van der Waals surface area (Å²) in [5.41, 5.74) is 7.96. The molecule has 3 aromatic rings. The van der Waals surface area contributed by atoms with Gasteiger partial charge in [0.15, 0.2) is 5.65 Å². The Morgan fingerprint density at radius 1 is 1.31 bits per heavy atom. The van der Waals surface area contributed by atoms with Crippen LogP contribution in [0, 0.1) is 0 Å². The molecule has 3 aromatic heterocycles. The molecule has 3 rings (SSSR count). The van der Waals surface area contributed by atoms with Gasteiger partial charge in [0.05, 0.1) is 17.3 Å². The van der Waals surface area contributed by atoms with Crippen LogP contribution < -0.4 is 5.73 Å². The predicted molar refractivity (Wildman–Crippen MR) is 63.6 cm³/mol. The first-order valence-electron chi connectivity index (χ1n) is 4.54. The molecule has 0 aliphatic heterocycles. The number of halogens is 1. The van der Waals surface area contributed by atoms with Gasteiger partial charge < -0.3 is 10.7 Å². The number of nitrogens with one attached hydrogen (secondary N) is 2. The first kappa shape index (κ1) is 9.34. The third-order valence-electron chi connectivity index (χ3n) is 2.23. The minimum Gasteiger partial charge on any atom is -0.383 e. The van der Waals surface area contributed by atoms with E-state index in [-0.39, 0.29) is 0 Å². The van der Waals surface area contributed by atoms with E-state index in [1.807, 2.05) is 6.07 Å². The molecule has 16 heavy (non-hydrogen) atoms. The van der Waals surface area contributed by atoms with Gasteiger partial charge in [0.1, 0.15) is 11.6 Å². The number of hydrogen-bond donors (Lipinski definition) is 3. The Morgan fingerprint density at radius 3 is 2.94 bits per heavy atom. The van der Waals surface area contributed by atoms with Gasteiger partial charge in [-0.3, -0.25) is 5.10 Å². The van der Waals surface area contributed by atoms with E-state index in [9.17, 15) is 0 Å². The van der Waals surface area contributed by atoms with E-state index >= 15 is 0 Å². The molecule has 0 aliphatic rings. The second-order valence-corrected chi connectivity index (χ2v) is 4.22. The minimum atomic E-state index is 0.484. The molecule has 0 bridgehead atoms. The van der Waals surface area contributed by atoms with Crippen molar-refractivity contribution < 1.29 is 0 Å². The number of hydrogen-bond acceptors (Lipinski definition) is 4. The number of pyridine rings is 1. The van der Waals surface area contributed by atoms with Crippen molar-refractivity contribution in [1.82, 2.24) is 25.1 Å². The molecule has 0 radical (unpaired) electrons. The fraction of sp³-hybridized carbons (Fsp3) is 0. The molecule has 0 aliphatic carbocycles. The minimum absolute atomic E-state index is 0.484. The van der Waals surface area contributed by atoms with Crippen molar-refractivity contribution in [3.63, 3.8) is 0 Å². The summed E-state index contributed by atoms with van der Waals surface area (Å²) in [6.07, 6.45) is 3.33. The molecule has 0 fully saturated rings. The molecule has 0 amide bonds. The molecular weight excluding hydrogens is 272 g/mol. The molecule has 0 saturated carbocycles. The first-order valence-corrected chi connectivity index (χ1v) is 5.34. The van der Waals surface area contributed by atoms with Gasteiger partial charge in [-0.25, -0.2) is 9.97 Å². The molecule has 80 valence electrons. The SMILES string of the molecule is Nc1[nH]ncc1-c1nc2ncc(Br)cc2[nH]1. The van der Waals surface area contributed by atoms with Crippen LogP contribution in [0.4, 0.5) is 5.82 Å². The summed E-state index contributed by atoms with van der Waals surface area (Å²) in [6, 6.07) is 1.91. The second kappa shape index (κ2) is 3.31. The van der Waals surface area contributed by atoms with E-state index in [2.05, 4.69) is 41.1 Å². The molecular formula is C9H7BrN6. The van der Waals surface area contributed by atoms with Gasteiger partial charge in [-0.05, 0) is 22.0 Å². The standard InChI is InChI=1S/C9H7BrN6/c10-4-1-6-9(12-2-4)15-8(14-6)5-3-13-16-7(5)11/h1-3H,(H3,11,13,16)(H,12,14,15). The number of nitrogens with zero attached hydrogens (tertiary/aromatic N) is 3. The Balaban J connectivity index is 2.23. The Morgan fingerprint density at radius 2 is 2.19 bits per heavy atom. The molecule has 7 heteroatoms. The van der Waals surface area contributed by atoms with Gasteiger partial charge in [0, 0.05) is 10.7 Å². The molecule has 0 aromatic carbocycles. The number of nitrogens with two attached hydrogens (primary N) is 1. The van der Waals surface area contributed by atoms with Crippen molar-refractivity contribution in [1.29, 1.82) is 0 Å². The molecule has 0 spiro atoms. The Hall–Kier alpha value is -1.89. The van der Waals surface area contributed by atoms with Crippen molar-refractivity contribution >= 4 is 32.9 Å². The molecule has 0 atom stereocenters. The predicted octanol–water partition coefficient (Wildman–Crippen LogP) is 1.69.